The summed E-state index contributed by atoms with van der Waals surface area (Å²) >= 11 is 1.43. The zero-order chi connectivity index (χ0) is 42.9. The Morgan fingerprint density at radius 3 is 1.93 bits per heavy atom. The Morgan fingerprint density at radius 2 is 1.32 bits per heavy atom. The number of sulfone groups is 2. The number of nitrogens with zero attached hydrogens (tertiary/aromatic N) is 6. The summed E-state index contributed by atoms with van der Waals surface area (Å²) in [7, 11) is -7.01. The van der Waals surface area contributed by atoms with Crippen LogP contribution in [0.2, 0.25) is 0 Å². The highest BCUT2D eigenvalue weighted by Gasteiger charge is 2.34. The molecule has 0 spiro atoms. The lowest BCUT2D eigenvalue weighted by atomic mass is 10.1. The second kappa shape index (κ2) is 17.3. The van der Waals surface area contributed by atoms with Crippen LogP contribution in [0.4, 0.5) is 19.9 Å². The third-order valence-electron chi connectivity index (χ3n) is 10.7. The van der Waals surface area contributed by atoms with E-state index in [1.165, 1.54) is 47.7 Å². The van der Waals surface area contributed by atoms with Crippen molar-refractivity contribution < 1.29 is 39.6 Å². The van der Waals surface area contributed by atoms with Crippen molar-refractivity contribution in [3.8, 4) is 0 Å². The third kappa shape index (κ3) is 8.72. The highest BCUT2D eigenvalue weighted by molar-refractivity contribution is 7.91. The first-order chi connectivity index (χ1) is 28.6. The van der Waals surface area contributed by atoms with Crippen molar-refractivity contribution in [3.05, 3.63) is 108 Å². The van der Waals surface area contributed by atoms with Crippen LogP contribution < -0.4 is 9.80 Å². The molecule has 2 fully saturated rings. The number of rotatable bonds is 8. The number of hydrogen-bond acceptors (Lipinski definition) is 12. The number of halogens is 2. The highest BCUT2D eigenvalue weighted by atomic mass is 32.2. The van der Waals surface area contributed by atoms with Gasteiger partial charge in [0.2, 0.25) is 0 Å². The van der Waals surface area contributed by atoms with E-state index in [-0.39, 0.29) is 62.1 Å². The Labute approximate surface area is 351 Å². The second-order valence-corrected chi connectivity index (χ2v) is 20.1. The number of hydrogen-bond donors (Lipinski definition) is 0. The van der Waals surface area contributed by atoms with E-state index in [4.69, 9.17) is 4.42 Å². The maximum absolute atomic E-state index is 13.5. The quantitative estimate of drug-likeness (QED) is 0.161. The standard InChI is InChI=1S/C21H22FN3O4S.C21H22FN3O3S2/c1-3-30(27,28)19-7-5-4-6-16(19)20(26)25-11-10-24(13-14(25)2)21-23-17-9-8-15(22)12-18(17)29-21;1-3-30(27,28)19-7-5-4-6-16(19)20(26)24-10-11-25(14(2)13-24)21-23-17-9-8-15(22)12-18(17)29-21/h2*4-9,12,14H,3,10-11,13H2,1-2H3/t;14-/m.0/s1. The van der Waals surface area contributed by atoms with Gasteiger partial charge in [-0.05, 0) is 68.4 Å². The van der Waals surface area contributed by atoms with E-state index >= 15 is 0 Å². The van der Waals surface area contributed by atoms with Crippen molar-refractivity contribution in [1.82, 2.24) is 19.8 Å². The average Bonchev–Trinajstić information content (AvgIpc) is 3.87. The summed E-state index contributed by atoms with van der Waals surface area (Å²) in [5.74, 6) is -1.40. The monoisotopic (exact) mass is 878 g/mol. The predicted octanol–water partition coefficient (Wildman–Crippen LogP) is 6.69. The van der Waals surface area contributed by atoms with Gasteiger partial charge in [0.05, 0.1) is 42.6 Å². The third-order valence-corrected chi connectivity index (χ3v) is 15.3. The molecule has 60 heavy (non-hydrogen) atoms. The number of amides is 2. The number of carbonyl (C=O) groups excluding carboxylic acids is 2. The van der Waals surface area contributed by atoms with Crippen molar-refractivity contribution in [2.75, 3.05) is 60.6 Å². The lowest BCUT2D eigenvalue weighted by molar-refractivity contribution is 0.0666. The maximum atomic E-state index is 13.5. The number of oxazole rings is 1. The molecule has 4 heterocycles. The summed E-state index contributed by atoms with van der Waals surface area (Å²) in [5, 5.41) is 0.796. The first-order valence-electron chi connectivity index (χ1n) is 19.5. The van der Waals surface area contributed by atoms with Crippen LogP contribution in [0.3, 0.4) is 0 Å². The number of fused-ring (bicyclic) bond motifs is 2. The largest absolute Gasteiger partial charge is 0.423 e. The van der Waals surface area contributed by atoms with Gasteiger partial charge in [-0.1, -0.05) is 49.4 Å². The van der Waals surface area contributed by atoms with Crippen LogP contribution in [0.5, 0.6) is 0 Å². The molecular formula is C42H44F2N6O7S3. The van der Waals surface area contributed by atoms with E-state index in [0.29, 0.717) is 56.4 Å². The van der Waals surface area contributed by atoms with E-state index in [0.717, 1.165) is 15.3 Å². The molecule has 6 aromatic rings. The minimum atomic E-state index is -3.52. The van der Waals surface area contributed by atoms with E-state index in [2.05, 4.69) is 14.9 Å². The molecule has 0 bridgehead atoms. The van der Waals surface area contributed by atoms with E-state index < -0.39 is 25.5 Å². The Hall–Kier alpha value is -5.46. The fraction of sp³-hybridized carbons (Fsp3) is 0.333. The molecular weight excluding hydrogens is 835 g/mol. The molecule has 0 radical (unpaired) electrons. The van der Waals surface area contributed by atoms with E-state index in [1.54, 1.807) is 72.2 Å². The van der Waals surface area contributed by atoms with Gasteiger partial charge in [-0.3, -0.25) is 9.59 Å². The normalized spacial score (nSPS) is 17.5. The second-order valence-electron chi connectivity index (χ2n) is 14.6. The topological polar surface area (TPSA) is 154 Å². The van der Waals surface area contributed by atoms with Crippen molar-refractivity contribution in [1.29, 1.82) is 0 Å². The number of aromatic nitrogens is 2. The van der Waals surface area contributed by atoms with Gasteiger partial charge >= 0.3 is 0 Å². The van der Waals surface area contributed by atoms with Crippen molar-refractivity contribution in [2.24, 2.45) is 0 Å². The van der Waals surface area contributed by atoms with Crippen LogP contribution in [0.15, 0.2) is 99.1 Å². The number of anilines is 2. The SMILES string of the molecule is CCS(=O)(=O)c1ccccc1C(=O)N1CCN(c2nc3ccc(F)cc3o2)CC1C.CCS(=O)(=O)c1ccccc1C(=O)N1CCN(c2nc3ccc(F)cc3s2)[C@@H](C)C1. The molecule has 4 aromatic carbocycles. The summed E-state index contributed by atoms with van der Waals surface area (Å²) in [4.78, 5) is 42.9. The van der Waals surface area contributed by atoms with Gasteiger partial charge in [-0.2, -0.15) is 4.98 Å². The molecule has 0 N–H and O–H groups in total. The zero-order valence-corrected chi connectivity index (χ0v) is 35.9. The zero-order valence-electron chi connectivity index (χ0n) is 33.4. The molecule has 18 heteroatoms. The molecule has 0 saturated carbocycles. The van der Waals surface area contributed by atoms with Crippen molar-refractivity contribution >= 4 is 75.3 Å². The fourth-order valence-electron chi connectivity index (χ4n) is 7.36. The molecule has 2 amide bonds. The van der Waals surface area contributed by atoms with Gasteiger partial charge in [0.1, 0.15) is 17.2 Å². The van der Waals surface area contributed by atoms with Crippen LogP contribution in [0.25, 0.3) is 21.3 Å². The van der Waals surface area contributed by atoms with Gasteiger partial charge < -0.3 is 24.0 Å². The number of thiazole rings is 1. The number of benzene rings is 4. The Morgan fingerprint density at radius 1 is 0.717 bits per heavy atom. The predicted molar refractivity (Wildman–Crippen MR) is 227 cm³/mol. The molecule has 2 aliphatic rings. The molecule has 2 atom stereocenters. The summed E-state index contributed by atoms with van der Waals surface area (Å²) in [6.45, 7) is 9.80. The Bertz CT molecular complexity index is 2800. The fourth-order valence-corrected chi connectivity index (χ4v) is 10.6. The molecule has 2 aliphatic heterocycles. The summed E-state index contributed by atoms with van der Waals surface area (Å²) in [6.07, 6.45) is 0. The highest BCUT2D eigenvalue weighted by Crippen LogP contribution is 2.32. The average molecular weight is 879 g/mol. The molecule has 13 nitrogen and oxygen atoms in total. The van der Waals surface area contributed by atoms with Gasteiger partial charge in [0.25, 0.3) is 17.8 Å². The number of piperazine rings is 2. The van der Waals surface area contributed by atoms with Crippen molar-refractivity contribution in [2.45, 2.75) is 49.6 Å². The lowest BCUT2D eigenvalue weighted by Crippen LogP contribution is -2.54. The Kier molecular flexibility index (Phi) is 12.3. The molecule has 316 valence electrons. The molecule has 2 aromatic heterocycles. The van der Waals surface area contributed by atoms with Crippen molar-refractivity contribution in [3.63, 3.8) is 0 Å². The van der Waals surface area contributed by atoms with Crippen LogP contribution in [-0.4, -0.2) is 111 Å². The summed E-state index contributed by atoms with van der Waals surface area (Å²) in [6, 6.07) is 21.6. The molecule has 2 saturated heterocycles. The van der Waals surface area contributed by atoms with Gasteiger partial charge in [0.15, 0.2) is 30.4 Å². The van der Waals surface area contributed by atoms with Crippen LogP contribution in [0, 0.1) is 11.6 Å². The first kappa shape index (κ1) is 42.7. The smallest absolute Gasteiger partial charge is 0.298 e. The summed E-state index contributed by atoms with van der Waals surface area (Å²) < 4.78 is 83.0. The van der Waals surface area contributed by atoms with Gasteiger partial charge in [-0.15, -0.1) is 0 Å². The lowest BCUT2D eigenvalue weighted by Gasteiger charge is -2.40. The van der Waals surface area contributed by atoms with E-state index in [9.17, 15) is 35.2 Å². The van der Waals surface area contributed by atoms with Gasteiger partial charge in [-0.25, -0.2) is 30.6 Å². The Balaban J connectivity index is 0.000000181. The maximum Gasteiger partial charge on any atom is 0.298 e. The molecule has 1 unspecified atom stereocenters. The molecule has 0 aliphatic carbocycles. The van der Waals surface area contributed by atoms with E-state index in [1.807, 2.05) is 18.7 Å². The minimum Gasteiger partial charge on any atom is -0.423 e. The first-order valence-corrected chi connectivity index (χ1v) is 23.6. The number of carbonyl (C=O) groups is 2. The summed E-state index contributed by atoms with van der Waals surface area (Å²) in [5.41, 5.74) is 2.10. The van der Waals surface area contributed by atoms with Crippen LogP contribution in [0.1, 0.15) is 48.4 Å². The van der Waals surface area contributed by atoms with Crippen LogP contribution in [-0.2, 0) is 19.7 Å². The minimum absolute atomic E-state index is 0.0111. The van der Waals surface area contributed by atoms with Gasteiger partial charge in [0, 0.05) is 57.4 Å². The van der Waals surface area contributed by atoms with Crippen LogP contribution >= 0.6 is 11.3 Å². The molecule has 8 rings (SSSR count).